The van der Waals surface area contributed by atoms with Gasteiger partial charge in [0.15, 0.2) is 0 Å². The molecule has 0 aliphatic carbocycles. The maximum Gasteiger partial charge on any atom is 0.301 e. The van der Waals surface area contributed by atoms with E-state index in [1.165, 1.54) is 6.07 Å². The first-order valence-electron chi connectivity index (χ1n) is 4.61. The Morgan fingerprint density at radius 2 is 1.84 bits per heavy atom. The van der Waals surface area contributed by atoms with Gasteiger partial charge in [-0.3, -0.25) is 20.2 Å². The van der Waals surface area contributed by atoms with Crippen molar-refractivity contribution < 1.29 is 9.85 Å². The molecule has 0 aliphatic heterocycles. The van der Waals surface area contributed by atoms with E-state index >= 15 is 0 Å². The Kier molecular flexibility index (Phi) is 3.57. The van der Waals surface area contributed by atoms with Crippen molar-refractivity contribution in [2.75, 3.05) is 0 Å². The van der Waals surface area contributed by atoms with E-state index in [9.17, 15) is 20.2 Å². The molecule has 2 aromatic rings. The number of non-ortho nitro benzene ring substituents is 1. The van der Waals surface area contributed by atoms with Crippen molar-refractivity contribution in [2.45, 2.75) is 0 Å². The van der Waals surface area contributed by atoms with Crippen LogP contribution in [0.3, 0.4) is 0 Å². The quantitative estimate of drug-likeness (QED) is 0.585. The zero-order valence-electron chi connectivity index (χ0n) is 8.86. The van der Waals surface area contributed by atoms with Gasteiger partial charge in [-0.25, -0.2) is 0 Å². The molecule has 9 nitrogen and oxygen atoms in total. The SMILES string of the molecule is O=[N+]([O-])c1ccc(-n2nc(Br)nc2Br)c([N+](=O)[O-])c1. The lowest BCUT2D eigenvalue weighted by Gasteiger charge is -2.03. The zero-order chi connectivity index (χ0) is 14.2. The molecule has 0 fully saturated rings. The first-order chi connectivity index (χ1) is 8.90. The van der Waals surface area contributed by atoms with Crippen LogP contribution >= 0.6 is 31.9 Å². The van der Waals surface area contributed by atoms with Crippen LogP contribution in [0.15, 0.2) is 27.7 Å². The summed E-state index contributed by atoms with van der Waals surface area (Å²) >= 11 is 6.12. The minimum atomic E-state index is -0.718. The van der Waals surface area contributed by atoms with Crippen LogP contribution < -0.4 is 0 Å². The highest BCUT2D eigenvalue weighted by atomic mass is 79.9. The number of nitrogens with zero attached hydrogens (tertiary/aromatic N) is 5. The van der Waals surface area contributed by atoms with Crippen molar-refractivity contribution in [3.63, 3.8) is 0 Å². The normalized spacial score (nSPS) is 10.4. The fraction of sp³-hybridized carbons (Fsp3) is 0. The standard InChI is InChI=1S/C8H3Br2N5O4/c9-7-11-8(10)13(12-7)5-2-1-4(14(16)17)3-6(5)15(18)19/h1-3H. The van der Waals surface area contributed by atoms with Crippen LogP contribution in [0.1, 0.15) is 0 Å². The van der Waals surface area contributed by atoms with Gasteiger partial charge in [0.2, 0.25) is 9.47 Å². The van der Waals surface area contributed by atoms with E-state index in [0.717, 1.165) is 16.8 Å². The summed E-state index contributed by atoms with van der Waals surface area (Å²) in [6.45, 7) is 0. The minimum absolute atomic E-state index is 0.0701. The lowest BCUT2D eigenvalue weighted by molar-refractivity contribution is -0.394. The van der Waals surface area contributed by atoms with Gasteiger partial charge in [0, 0.05) is 6.07 Å². The molecule has 1 heterocycles. The summed E-state index contributed by atoms with van der Waals surface area (Å²) in [6.07, 6.45) is 0. The Labute approximate surface area is 121 Å². The highest BCUT2D eigenvalue weighted by Crippen LogP contribution is 2.29. The summed E-state index contributed by atoms with van der Waals surface area (Å²) in [5.41, 5.74) is -0.737. The number of aromatic nitrogens is 3. The molecule has 0 aliphatic rings. The van der Waals surface area contributed by atoms with Crippen LogP contribution in [0.25, 0.3) is 5.69 Å². The number of hydrogen-bond donors (Lipinski definition) is 0. The van der Waals surface area contributed by atoms with Crippen molar-refractivity contribution in [2.24, 2.45) is 0 Å². The molecule has 0 saturated carbocycles. The van der Waals surface area contributed by atoms with Gasteiger partial charge in [-0.15, -0.1) is 5.10 Å². The number of halogens is 2. The van der Waals surface area contributed by atoms with Crippen molar-refractivity contribution >= 4 is 43.2 Å². The molecule has 0 saturated heterocycles. The molecule has 1 aromatic heterocycles. The number of nitro groups is 2. The zero-order valence-corrected chi connectivity index (χ0v) is 12.0. The van der Waals surface area contributed by atoms with Crippen molar-refractivity contribution in [3.05, 3.63) is 47.9 Å². The number of rotatable bonds is 3. The van der Waals surface area contributed by atoms with Gasteiger partial charge < -0.3 is 0 Å². The number of hydrogen-bond acceptors (Lipinski definition) is 6. The van der Waals surface area contributed by atoms with Crippen LogP contribution in [0, 0.1) is 20.2 Å². The number of nitro benzene ring substituents is 2. The van der Waals surface area contributed by atoms with Crippen LogP contribution in [-0.2, 0) is 0 Å². The molecule has 1 aromatic carbocycles. The van der Waals surface area contributed by atoms with Crippen molar-refractivity contribution in [1.82, 2.24) is 14.8 Å². The lowest BCUT2D eigenvalue weighted by atomic mass is 10.2. The molecule has 11 heteroatoms. The molecule has 0 unspecified atom stereocenters. The molecule has 19 heavy (non-hydrogen) atoms. The Morgan fingerprint density at radius 1 is 1.16 bits per heavy atom. The van der Waals surface area contributed by atoms with E-state index in [2.05, 4.69) is 41.9 Å². The smallest absolute Gasteiger partial charge is 0.258 e. The Balaban J connectivity index is 2.66. The molecule has 0 bridgehead atoms. The van der Waals surface area contributed by atoms with Gasteiger partial charge in [-0.2, -0.15) is 9.67 Å². The molecule has 0 spiro atoms. The molecular weight excluding hydrogens is 390 g/mol. The molecule has 98 valence electrons. The molecule has 2 rings (SSSR count). The Hall–Kier alpha value is -1.88. The molecule has 0 atom stereocenters. The van der Waals surface area contributed by atoms with Gasteiger partial charge in [0.05, 0.1) is 15.9 Å². The van der Waals surface area contributed by atoms with Crippen LogP contribution in [0.5, 0.6) is 0 Å². The summed E-state index contributed by atoms with van der Waals surface area (Å²) < 4.78 is 1.62. The first kappa shape index (κ1) is 13.5. The van der Waals surface area contributed by atoms with Crippen LogP contribution in [0.4, 0.5) is 11.4 Å². The Morgan fingerprint density at radius 3 is 2.32 bits per heavy atom. The second-order valence-electron chi connectivity index (χ2n) is 3.25. The molecule has 0 radical (unpaired) electrons. The number of benzene rings is 1. The largest absolute Gasteiger partial charge is 0.301 e. The van der Waals surface area contributed by atoms with Gasteiger partial charge in [-0.05, 0) is 37.9 Å². The fourth-order valence-corrected chi connectivity index (χ4v) is 2.38. The summed E-state index contributed by atoms with van der Waals surface area (Å²) in [5, 5.41) is 25.5. The average Bonchev–Trinajstić information content (AvgIpc) is 2.67. The van der Waals surface area contributed by atoms with E-state index in [1.54, 1.807) is 0 Å². The van der Waals surface area contributed by atoms with Crippen LogP contribution in [0.2, 0.25) is 0 Å². The van der Waals surface area contributed by atoms with Crippen molar-refractivity contribution in [3.8, 4) is 5.69 Å². The maximum atomic E-state index is 11.0. The maximum absolute atomic E-state index is 11.0. The summed E-state index contributed by atoms with van der Waals surface area (Å²) in [5.74, 6) is 0. The third-order valence-corrected chi connectivity index (χ3v) is 2.99. The summed E-state index contributed by atoms with van der Waals surface area (Å²) in [4.78, 5) is 24.1. The highest BCUT2D eigenvalue weighted by molar-refractivity contribution is 9.11. The predicted molar refractivity (Wildman–Crippen MR) is 70.1 cm³/mol. The highest BCUT2D eigenvalue weighted by Gasteiger charge is 2.23. The lowest BCUT2D eigenvalue weighted by Crippen LogP contribution is -2.03. The second kappa shape index (κ2) is 5.01. The van der Waals surface area contributed by atoms with Crippen molar-refractivity contribution in [1.29, 1.82) is 0 Å². The molecular formula is C8H3Br2N5O4. The van der Waals surface area contributed by atoms with E-state index in [-0.39, 0.29) is 20.8 Å². The second-order valence-corrected chi connectivity index (χ2v) is 4.67. The van der Waals surface area contributed by atoms with E-state index in [1.807, 2.05) is 0 Å². The molecule has 0 N–H and O–H groups in total. The topological polar surface area (TPSA) is 117 Å². The predicted octanol–water partition coefficient (Wildman–Crippen LogP) is 2.61. The summed E-state index contributed by atoms with van der Waals surface area (Å²) in [7, 11) is 0. The Bertz CT molecular complexity index is 686. The van der Waals surface area contributed by atoms with Crippen LogP contribution in [-0.4, -0.2) is 24.6 Å². The van der Waals surface area contributed by atoms with Gasteiger partial charge in [-0.1, -0.05) is 0 Å². The minimum Gasteiger partial charge on any atom is -0.258 e. The van der Waals surface area contributed by atoms with Gasteiger partial charge in [0.1, 0.15) is 5.69 Å². The van der Waals surface area contributed by atoms with Gasteiger partial charge in [0.25, 0.3) is 5.69 Å². The average molecular weight is 393 g/mol. The fourth-order valence-electron chi connectivity index (χ4n) is 1.37. The first-order valence-corrected chi connectivity index (χ1v) is 6.20. The third-order valence-electron chi connectivity index (χ3n) is 2.14. The van der Waals surface area contributed by atoms with E-state index in [4.69, 9.17) is 0 Å². The molecule has 0 amide bonds. The third kappa shape index (κ3) is 2.61. The van der Waals surface area contributed by atoms with E-state index < -0.39 is 15.5 Å². The summed E-state index contributed by atoms with van der Waals surface area (Å²) in [6, 6.07) is 3.27. The monoisotopic (exact) mass is 391 g/mol. The van der Waals surface area contributed by atoms with Gasteiger partial charge >= 0.3 is 5.69 Å². The van der Waals surface area contributed by atoms with E-state index in [0.29, 0.717) is 0 Å².